The predicted molar refractivity (Wildman–Crippen MR) is 137 cm³/mol. The number of para-hydroxylation sites is 1. The van der Waals surface area contributed by atoms with Crippen molar-refractivity contribution in [3.63, 3.8) is 0 Å². The first-order chi connectivity index (χ1) is 16.5. The molecule has 5 aliphatic rings. The second-order valence-electron chi connectivity index (χ2n) is 11.0. The Morgan fingerprint density at radius 3 is 2.44 bits per heavy atom. The van der Waals surface area contributed by atoms with Gasteiger partial charge >= 0.3 is 0 Å². The number of fused-ring (bicyclic) bond motifs is 2. The third kappa shape index (κ3) is 3.27. The highest BCUT2D eigenvalue weighted by Crippen LogP contribution is 2.60. The molecule has 0 radical (unpaired) electrons. The summed E-state index contributed by atoms with van der Waals surface area (Å²) >= 11 is 3.36. The Hall–Kier alpha value is -2.25. The Kier molecular flexibility index (Phi) is 4.72. The quantitative estimate of drug-likeness (QED) is 0.483. The normalized spacial score (nSPS) is 29.4. The lowest BCUT2D eigenvalue weighted by Crippen LogP contribution is -2.51. The van der Waals surface area contributed by atoms with Gasteiger partial charge in [-0.3, -0.25) is 9.59 Å². The molecule has 4 fully saturated rings. The highest BCUT2D eigenvalue weighted by molar-refractivity contribution is 7.23. The van der Waals surface area contributed by atoms with E-state index < -0.39 is 0 Å². The molecule has 0 unspecified atom stereocenters. The van der Waals surface area contributed by atoms with Crippen molar-refractivity contribution in [2.45, 2.75) is 58.4 Å². The minimum Gasteiger partial charge on any atom is -0.337 e. The zero-order valence-electron chi connectivity index (χ0n) is 19.4. The van der Waals surface area contributed by atoms with E-state index in [9.17, 15) is 9.59 Å². The van der Waals surface area contributed by atoms with E-state index in [1.54, 1.807) is 29.6 Å². The Balaban J connectivity index is 1.28. The van der Waals surface area contributed by atoms with Gasteiger partial charge in [0, 0.05) is 23.9 Å². The molecule has 1 N–H and O–H groups in total. The van der Waals surface area contributed by atoms with Crippen molar-refractivity contribution in [3.8, 4) is 10.6 Å². The van der Waals surface area contributed by atoms with Crippen LogP contribution in [0.3, 0.4) is 0 Å². The van der Waals surface area contributed by atoms with Gasteiger partial charge in [0.1, 0.15) is 10.0 Å². The number of thiazole rings is 1. The van der Waals surface area contributed by atoms with E-state index in [2.05, 4.69) is 17.4 Å². The summed E-state index contributed by atoms with van der Waals surface area (Å²) in [6, 6.07) is 8.24. The van der Waals surface area contributed by atoms with Crippen molar-refractivity contribution in [2.75, 3.05) is 11.9 Å². The Labute approximate surface area is 207 Å². The van der Waals surface area contributed by atoms with E-state index in [0.29, 0.717) is 6.54 Å². The number of hydrogen-bond acceptors (Lipinski definition) is 5. The maximum Gasteiger partial charge on any atom is 0.231 e. The van der Waals surface area contributed by atoms with Crippen LogP contribution in [0.1, 0.15) is 55.9 Å². The molecule has 2 amide bonds. The van der Waals surface area contributed by atoms with E-state index in [1.807, 2.05) is 17.0 Å². The van der Waals surface area contributed by atoms with Crippen LogP contribution in [0.2, 0.25) is 0 Å². The van der Waals surface area contributed by atoms with Crippen LogP contribution in [0.5, 0.6) is 0 Å². The van der Waals surface area contributed by atoms with Crippen molar-refractivity contribution >= 4 is 49.7 Å². The molecule has 176 valence electrons. The van der Waals surface area contributed by atoms with Crippen molar-refractivity contribution in [3.05, 3.63) is 34.7 Å². The molecule has 8 rings (SSSR count). The molecule has 1 aliphatic heterocycles. The van der Waals surface area contributed by atoms with E-state index in [-0.39, 0.29) is 17.2 Å². The number of carbonyl (C=O) groups is 2. The monoisotopic (exact) mass is 491 g/mol. The van der Waals surface area contributed by atoms with E-state index in [0.717, 1.165) is 75.8 Å². The summed E-state index contributed by atoms with van der Waals surface area (Å²) < 4.78 is 1.16. The van der Waals surface area contributed by atoms with Crippen LogP contribution in [0, 0.1) is 23.2 Å². The molecule has 5 nitrogen and oxygen atoms in total. The van der Waals surface area contributed by atoms with Crippen LogP contribution in [0.25, 0.3) is 20.8 Å². The molecule has 34 heavy (non-hydrogen) atoms. The van der Waals surface area contributed by atoms with Gasteiger partial charge in [0.2, 0.25) is 11.8 Å². The number of aromatic nitrogens is 1. The number of rotatable bonds is 3. The molecular formula is C27H29N3O2S2. The summed E-state index contributed by atoms with van der Waals surface area (Å²) in [5.74, 6) is 2.56. The van der Waals surface area contributed by atoms with Gasteiger partial charge in [0.25, 0.3) is 0 Å². The predicted octanol–water partition coefficient (Wildman–Crippen LogP) is 6.08. The van der Waals surface area contributed by atoms with Crippen molar-refractivity contribution in [1.82, 2.24) is 9.88 Å². The summed E-state index contributed by atoms with van der Waals surface area (Å²) in [6.45, 7) is 2.99. The minimum absolute atomic E-state index is 0.111. The Bertz CT molecular complexity index is 1250. The summed E-state index contributed by atoms with van der Waals surface area (Å²) in [5, 5.41) is 5.38. The molecular weight excluding hydrogens is 462 g/mol. The van der Waals surface area contributed by atoms with Crippen LogP contribution in [-0.2, 0) is 22.6 Å². The van der Waals surface area contributed by atoms with Gasteiger partial charge in [0.15, 0.2) is 0 Å². The average Bonchev–Trinajstić information content (AvgIpc) is 3.38. The number of thiophene rings is 1. The minimum atomic E-state index is -0.185. The van der Waals surface area contributed by atoms with E-state index >= 15 is 0 Å². The number of nitrogens with zero attached hydrogens (tertiary/aromatic N) is 2. The van der Waals surface area contributed by atoms with Crippen LogP contribution in [0.15, 0.2) is 24.3 Å². The standard InChI is InChI=1S/C27H29N3O2S2/c1-15(31)30-7-6-19-22(14-30)34-25(23(19)24-28-20-4-2-3-5-21(20)33-24)29-26(32)27-11-16-8-17(12-27)10-18(9-16)13-27/h2-5,16-18H,6-14H2,1H3,(H,29,32). The molecule has 4 aliphatic carbocycles. The van der Waals surface area contributed by atoms with Crippen LogP contribution in [-0.4, -0.2) is 28.2 Å². The SMILES string of the molecule is CC(=O)N1CCc2c(sc(NC(=O)C34CC5CC(CC(C5)C3)C4)c2-c2nc3ccccc3s2)C1. The molecule has 0 atom stereocenters. The zero-order chi connectivity index (χ0) is 23.0. The van der Waals surface area contributed by atoms with Gasteiger partial charge in [-0.15, -0.1) is 22.7 Å². The molecule has 0 spiro atoms. The number of carbonyl (C=O) groups excluding carboxylic acids is 2. The van der Waals surface area contributed by atoms with Gasteiger partial charge in [-0.25, -0.2) is 4.98 Å². The fourth-order valence-electron chi connectivity index (χ4n) is 7.59. The maximum absolute atomic E-state index is 13.9. The average molecular weight is 492 g/mol. The smallest absolute Gasteiger partial charge is 0.231 e. The second-order valence-corrected chi connectivity index (χ2v) is 13.2. The molecule has 7 heteroatoms. The lowest BCUT2D eigenvalue weighted by molar-refractivity contribution is -0.140. The van der Waals surface area contributed by atoms with E-state index in [4.69, 9.17) is 4.98 Å². The van der Waals surface area contributed by atoms with Crippen molar-refractivity contribution in [2.24, 2.45) is 23.2 Å². The molecule has 4 bridgehead atoms. The van der Waals surface area contributed by atoms with E-state index in [1.165, 1.54) is 29.7 Å². The van der Waals surface area contributed by atoms with Crippen LogP contribution >= 0.6 is 22.7 Å². The molecule has 1 aromatic carbocycles. The van der Waals surface area contributed by atoms with Gasteiger partial charge in [0.05, 0.1) is 22.2 Å². The number of benzene rings is 1. The maximum atomic E-state index is 13.9. The fraction of sp³-hybridized carbons (Fsp3) is 0.519. The second kappa shape index (κ2) is 7.62. The lowest BCUT2D eigenvalue weighted by atomic mass is 9.49. The lowest BCUT2D eigenvalue weighted by Gasteiger charge is -2.55. The Morgan fingerprint density at radius 2 is 1.76 bits per heavy atom. The highest BCUT2D eigenvalue weighted by Gasteiger charge is 2.54. The third-order valence-electron chi connectivity index (χ3n) is 8.76. The molecule has 4 saturated carbocycles. The van der Waals surface area contributed by atoms with Crippen LogP contribution in [0.4, 0.5) is 5.00 Å². The number of anilines is 1. The van der Waals surface area contributed by atoms with Gasteiger partial charge in [-0.2, -0.15) is 0 Å². The molecule has 3 heterocycles. The Morgan fingerprint density at radius 1 is 1.06 bits per heavy atom. The van der Waals surface area contributed by atoms with Crippen molar-refractivity contribution < 1.29 is 9.59 Å². The topological polar surface area (TPSA) is 62.3 Å². The highest BCUT2D eigenvalue weighted by atomic mass is 32.1. The number of nitrogens with one attached hydrogen (secondary N) is 1. The zero-order valence-corrected chi connectivity index (χ0v) is 21.1. The van der Waals surface area contributed by atoms with Crippen molar-refractivity contribution in [1.29, 1.82) is 0 Å². The fourth-order valence-corrected chi connectivity index (χ4v) is 9.96. The first-order valence-corrected chi connectivity index (χ1v) is 14.2. The summed E-state index contributed by atoms with van der Waals surface area (Å²) in [6.07, 6.45) is 7.98. The number of amides is 2. The largest absolute Gasteiger partial charge is 0.337 e. The van der Waals surface area contributed by atoms with Gasteiger partial charge in [-0.1, -0.05) is 12.1 Å². The molecule has 3 aromatic rings. The summed E-state index contributed by atoms with van der Waals surface area (Å²) in [7, 11) is 0. The van der Waals surface area contributed by atoms with Crippen LogP contribution < -0.4 is 5.32 Å². The molecule has 2 aromatic heterocycles. The number of hydrogen-bond donors (Lipinski definition) is 1. The summed E-state index contributed by atoms with van der Waals surface area (Å²) in [5.41, 5.74) is 3.18. The van der Waals surface area contributed by atoms with Gasteiger partial charge < -0.3 is 10.2 Å². The van der Waals surface area contributed by atoms with Gasteiger partial charge in [-0.05, 0) is 80.4 Å². The summed E-state index contributed by atoms with van der Waals surface area (Å²) in [4.78, 5) is 34.1. The first-order valence-electron chi connectivity index (χ1n) is 12.5. The third-order valence-corrected chi connectivity index (χ3v) is 10.9. The first kappa shape index (κ1) is 21.1. The molecule has 0 saturated heterocycles.